The number of hydrogen-bond acceptors (Lipinski definition) is 5. The lowest BCUT2D eigenvalue weighted by Gasteiger charge is -2.07. The first-order valence-corrected chi connectivity index (χ1v) is 4.83. The molecule has 2 aromatic rings. The van der Waals surface area contributed by atoms with Gasteiger partial charge in [0, 0.05) is 13.1 Å². The first-order valence-electron chi connectivity index (χ1n) is 4.83. The predicted molar refractivity (Wildman–Crippen MR) is 60.3 cm³/mol. The molecule has 0 aliphatic carbocycles. The molecule has 2 aromatic heterocycles. The van der Waals surface area contributed by atoms with Gasteiger partial charge in [-0.2, -0.15) is 4.98 Å². The van der Waals surface area contributed by atoms with E-state index < -0.39 is 0 Å². The van der Waals surface area contributed by atoms with Crippen molar-refractivity contribution in [3.05, 3.63) is 24.1 Å². The zero-order chi connectivity index (χ0) is 11.5. The average Bonchev–Trinajstić information content (AvgIpc) is 2.71. The molecular formula is C9H13N7. The van der Waals surface area contributed by atoms with Gasteiger partial charge in [0.1, 0.15) is 11.3 Å². The Labute approximate surface area is 91.3 Å². The van der Waals surface area contributed by atoms with Crippen LogP contribution in [0.1, 0.15) is 0 Å². The molecule has 7 heteroatoms. The number of nitrogen functional groups attached to an aromatic ring is 1. The number of fused-ring (bicyclic) bond motifs is 1. The Morgan fingerprint density at radius 3 is 3.06 bits per heavy atom. The number of allylic oxidation sites excluding steroid dienone is 1. The SMILES string of the molecule is N=c1nc2nc[nH]c2c(N)n1C/C=C\CN. The van der Waals surface area contributed by atoms with Crippen LogP contribution in [-0.4, -0.2) is 26.1 Å². The van der Waals surface area contributed by atoms with Crippen LogP contribution in [0.2, 0.25) is 0 Å². The quantitative estimate of drug-likeness (QED) is 0.511. The van der Waals surface area contributed by atoms with Gasteiger partial charge in [0.15, 0.2) is 5.65 Å². The van der Waals surface area contributed by atoms with Gasteiger partial charge in [0.2, 0.25) is 5.62 Å². The lowest BCUT2D eigenvalue weighted by molar-refractivity contribution is 0.727. The van der Waals surface area contributed by atoms with Crippen LogP contribution in [0.25, 0.3) is 11.2 Å². The molecule has 16 heavy (non-hydrogen) atoms. The van der Waals surface area contributed by atoms with Crippen LogP contribution in [0.15, 0.2) is 18.5 Å². The van der Waals surface area contributed by atoms with Crippen LogP contribution in [-0.2, 0) is 6.54 Å². The van der Waals surface area contributed by atoms with Gasteiger partial charge in [-0.05, 0) is 0 Å². The number of imidazole rings is 1. The topological polar surface area (TPSA) is 122 Å². The van der Waals surface area contributed by atoms with E-state index in [-0.39, 0.29) is 5.62 Å². The summed E-state index contributed by atoms with van der Waals surface area (Å²) in [6.45, 7) is 0.942. The Bertz CT molecular complexity index is 577. The van der Waals surface area contributed by atoms with E-state index in [2.05, 4.69) is 15.0 Å². The third kappa shape index (κ3) is 1.68. The van der Waals surface area contributed by atoms with Crippen LogP contribution < -0.4 is 17.1 Å². The number of rotatable bonds is 3. The van der Waals surface area contributed by atoms with E-state index in [1.165, 1.54) is 6.33 Å². The van der Waals surface area contributed by atoms with Crippen LogP contribution in [0.5, 0.6) is 0 Å². The van der Waals surface area contributed by atoms with Gasteiger partial charge in [-0.3, -0.25) is 9.98 Å². The zero-order valence-corrected chi connectivity index (χ0v) is 8.64. The Kier molecular flexibility index (Phi) is 2.69. The van der Waals surface area contributed by atoms with Crippen molar-refractivity contribution in [1.82, 2.24) is 19.5 Å². The Hall–Kier alpha value is -2.15. The highest BCUT2D eigenvalue weighted by atomic mass is 15.1. The molecule has 0 atom stereocenters. The molecule has 2 heterocycles. The number of aromatic nitrogens is 4. The molecule has 0 radical (unpaired) electrons. The van der Waals surface area contributed by atoms with Gasteiger partial charge < -0.3 is 16.5 Å². The summed E-state index contributed by atoms with van der Waals surface area (Å²) in [5.41, 5.74) is 12.4. The fraction of sp³-hybridized carbons (Fsp3) is 0.222. The fourth-order valence-electron chi connectivity index (χ4n) is 1.43. The van der Waals surface area contributed by atoms with Gasteiger partial charge in [0.05, 0.1) is 6.33 Å². The molecular weight excluding hydrogens is 206 g/mol. The molecule has 7 nitrogen and oxygen atoms in total. The van der Waals surface area contributed by atoms with E-state index in [9.17, 15) is 0 Å². The maximum atomic E-state index is 7.72. The molecule has 0 unspecified atom stereocenters. The van der Waals surface area contributed by atoms with Gasteiger partial charge >= 0.3 is 0 Å². The van der Waals surface area contributed by atoms with Crippen molar-refractivity contribution in [2.45, 2.75) is 6.54 Å². The van der Waals surface area contributed by atoms with E-state index in [0.29, 0.717) is 30.1 Å². The summed E-state index contributed by atoms with van der Waals surface area (Å²) < 4.78 is 1.58. The standard InChI is InChI=1S/C9H13N7/c10-3-1-2-4-16-7(11)6-8(14-5-13-6)15-9(16)12/h1-2,5H,3-4,10-11H2,(H2,12,13,14,15)/b2-1-. The summed E-state index contributed by atoms with van der Waals surface area (Å²) in [4.78, 5) is 10.9. The Balaban J connectivity index is 2.51. The summed E-state index contributed by atoms with van der Waals surface area (Å²) in [7, 11) is 0. The largest absolute Gasteiger partial charge is 0.383 e. The maximum Gasteiger partial charge on any atom is 0.225 e. The van der Waals surface area contributed by atoms with Gasteiger partial charge in [-0.25, -0.2) is 4.98 Å². The van der Waals surface area contributed by atoms with Gasteiger partial charge in [-0.1, -0.05) is 12.2 Å². The van der Waals surface area contributed by atoms with Gasteiger partial charge in [-0.15, -0.1) is 0 Å². The second-order valence-corrected chi connectivity index (χ2v) is 3.24. The lowest BCUT2D eigenvalue weighted by Crippen LogP contribution is -2.25. The average molecular weight is 219 g/mol. The zero-order valence-electron chi connectivity index (χ0n) is 8.64. The highest BCUT2D eigenvalue weighted by Crippen LogP contribution is 2.11. The minimum Gasteiger partial charge on any atom is -0.383 e. The minimum absolute atomic E-state index is 0.0822. The fourth-order valence-corrected chi connectivity index (χ4v) is 1.43. The third-order valence-electron chi connectivity index (χ3n) is 2.22. The molecule has 0 saturated carbocycles. The highest BCUT2D eigenvalue weighted by molar-refractivity contribution is 5.80. The normalized spacial score (nSPS) is 11.6. The van der Waals surface area contributed by atoms with Crippen molar-refractivity contribution < 1.29 is 0 Å². The second kappa shape index (κ2) is 4.15. The number of H-pyrrole nitrogens is 1. The van der Waals surface area contributed by atoms with Crippen LogP contribution in [0.3, 0.4) is 0 Å². The van der Waals surface area contributed by atoms with Crippen molar-refractivity contribution in [2.75, 3.05) is 12.3 Å². The minimum atomic E-state index is 0.0822. The summed E-state index contributed by atoms with van der Waals surface area (Å²) in [5, 5.41) is 7.72. The molecule has 0 aliphatic rings. The summed E-state index contributed by atoms with van der Waals surface area (Å²) >= 11 is 0. The smallest absolute Gasteiger partial charge is 0.225 e. The number of anilines is 1. The van der Waals surface area contributed by atoms with Crippen LogP contribution >= 0.6 is 0 Å². The Morgan fingerprint density at radius 2 is 2.31 bits per heavy atom. The van der Waals surface area contributed by atoms with Crippen molar-refractivity contribution in [1.29, 1.82) is 5.41 Å². The molecule has 2 rings (SSSR count). The Morgan fingerprint density at radius 1 is 1.50 bits per heavy atom. The molecule has 6 N–H and O–H groups in total. The monoisotopic (exact) mass is 219 g/mol. The maximum absolute atomic E-state index is 7.72. The van der Waals surface area contributed by atoms with Crippen molar-refractivity contribution in [3.63, 3.8) is 0 Å². The molecule has 0 fully saturated rings. The van der Waals surface area contributed by atoms with Crippen molar-refractivity contribution in [3.8, 4) is 0 Å². The number of hydrogen-bond donors (Lipinski definition) is 4. The van der Waals surface area contributed by atoms with E-state index in [4.69, 9.17) is 16.9 Å². The first-order chi connectivity index (χ1) is 7.74. The van der Waals surface area contributed by atoms with Crippen molar-refractivity contribution >= 4 is 17.0 Å². The van der Waals surface area contributed by atoms with E-state index in [1.807, 2.05) is 12.2 Å². The highest BCUT2D eigenvalue weighted by Gasteiger charge is 2.06. The summed E-state index contributed by atoms with van der Waals surface area (Å²) in [6, 6.07) is 0. The molecule has 0 bridgehead atoms. The molecule has 0 amide bonds. The number of nitrogens with one attached hydrogen (secondary N) is 2. The molecule has 0 spiro atoms. The number of aromatic amines is 1. The summed E-state index contributed by atoms with van der Waals surface area (Å²) in [5.74, 6) is 0.453. The van der Waals surface area contributed by atoms with Crippen LogP contribution in [0, 0.1) is 5.41 Å². The molecule has 0 aliphatic heterocycles. The lowest BCUT2D eigenvalue weighted by atomic mass is 10.4. The van der Waals surface area contributed by atoms with E-state index in [1.54, 1.807) is 4.57 Å². The first kappa shape index (κ1) is 10.4. The van der Waals surface area contributed by atoms with E-state index >= 15 is 0 Å². The number of nitrogens with two attached hydrogens (primary N) is 2. The summed E-state index contributed by atoms with van der Waals surface area (Å²) in [6.07, 6.45) is 5.16. The predicted octanol–water partition coefficient (Wildman–Crippen LogP) is -0.664. The molecule has 0 aromatic carbocycles. The van der Waals surface area contributed by atoms with Crippen molar-refractivity contribution in [2.24, 2.45) is 5.73 Å². The molecule has 84 valence electrons. The molecule has 0 saturated heterocycles. The van der Waals surface area contributed by atoms with Crippen LogP contribution in [0.4, 0.5) is 5.82 Å². The van der Waals surface area contributed by atoms with E-state index in [0.717, 1.165) is 0 Å². The van der Waals surface area contributed by atoms with Gasteiger partial charge in [0.25, 0.3) is 0 Å². The third-order valence-corrected chi connectivity index (χ3v) is 2.22. The number of nitrogens with zero attached hydrogens (tertiary/aromatic N) is 3. The second-order valence-electron chi connectivity index (χ2n) is 3.24.